The van der Waals surface area contributed by atoms with Crippen LogP contribution >= 0.6 is 0 Å². The number of rotatable bonds is 6. The summed E-state index contributed by atoms with van der Waals surface area (Å²) in [5.74, 6) is 1.19. The molecule has 5 heteroatoms. The van der Waals surface area contributed by atoms with E-state index in [-0.39, 0.29) is 5.91 Å². The zero-order valence-corrected chi connectivity index (χ0v) is 12.1. The van der Waals surface area contributed by atoms with Crippen LogP contribution in [0.15, 0.2) is 42.7 Å². The molecule has 0 aliphatic heterocycles. The Bertz CT molecular complexity index is 600. The van der Waals surface area contributed by atoms with Crippen molar-refractivity contribution in [2.45, 2.75) is 6.92 Å². The van der Waals surface area contributed by atoms with E-state index in [2.05, 4.69) is 10.3 Å². The van der Waals surface area contributed by atoms with Crippen LogP contribution in [0.2, 0.25) is 0 Å². The standard InChI is InChI=1S/C16H18N2O3/c1-12-5-6-14(15(10-12)20-2)21-9-8-18-16(19)13-4-3-7-17-11-13/h3-7,10-11H,8-9H2,1-2H3,(H,18,19). The molecule has 0 radical (unpaired) electrons. The predicted octanol–water partition coefficient (Wildman–Crippen LogP) is 2.21. The fraction of sp³-hybridized carbons (Fsp3) is 0.250. The van der Waals surface area contributed by atoms with E-state index < -0.39 is 0 Å². The van der Waals surface area contributed by atoms with Gasteiger partial charge < -0.3 is 14.8 Å². The minimum Gasteiger partial charge on any atom is -0.493 e. The summed E-state index contributed by atoms with van der Waals surface area (Å²) in [5.41, 5.74) is 1.63. The van der Waals surface area contributed by atoms with Crippen molar-refractivity contribution in [3.63, 3.8) is 0 Å². The van der Waals surface area contributed by atoms with Gasteiger partial charge in [-0.1, -0.05) is 6.07 Å². The van der Waals surface area contributed by atoms with Gasteiger partial charge in [0.25, 0.3) is 5.91 Å². The Morgan fingerprint density at radius 1 is 1.29 bits per heavy atom. The number of hydrogen-bond acceptors (Lipinski definition) is 4. The summed E-state index contributed by atoms with van der Waals surface area (Å²) in [6.45, 7) is 2.76. The number of amides is 1. The van der Waals surface area contributed by atoms with Gasteiger partial charge in [-0.05, 0) is 36.8 Å². The first kappa shape index (κ1) is 14.8. The quantitative estimate of drug-likeness (QED) is 0.827. The number of methoxy groups -OCH3 is 1. The van der Waals surface area contributed by atoms with Gasteiger partial charge in [0.1, 0.15) is 6.61 Å². The molecule has 0 aliphatic rings. The number of aryl methyl sites for hydroxylation is 1. The van der Waals surface area contributed by atoms with E-state index in [1.54, 1.807) is 25.4 Å². The maximum Gasteiger partial charge on any atom is 0.252 e. The molecule has 1 amide bonds. The van der Waals surface area contributed by atoms with Gasteiger partial charge in [-0.2, -0.15) is 0 Å². The highest BCUT2D eigenvalue weighted by Crippen LogP contribution is 2.27. The molecule has 1 aromatic heterocycles. The first-order valence-corrected chi connectivity index (χ1v) is 6.66. The Labute approximate surface area is 123 Å². The highest BCUT2D eigenvalue weighted by Gasteiger charge is 2.06. The molecule has 0 saturated carbocycles. The van der Waals surface area contributed by atoms with Gasteiger partial charge in [-0.25, -0.2) is 0 Å². The highest BCUT2D eigenvalue weighted by molar-refractivity contribution is 5.93. The van der Waals surface area contributed by atoms with Crippen molar-refractivity contribution in [2.75, 3.05) is 20.3 Å². The van der Waals surface area contributed by atoms with Crippen LogP contribution in [0.1, 0.15) is 15.9 Å². The Kier molecular flexibility index (Phi) is 5.15. The van der Waals surface area contributed by atoms with Crippen molar-refractivity contribution in [2.24, 2.45) is 0 Å². The van der Waals surface area contributed by atoms with Crippen LogP contribution in [0.25, 0.3) is 0 Å². The van der Waals surface area contributed by atoms with Gasteiger partial charge >= 0.3 is 0 Å². The molecule has 1 N–H and O–H groups in total. The van der Waals surface area contributed by atoms with Crippen molar-refractivity contribution in [1.29, 1.82) is 0 Å². The summed E-state index contributed by atoms with van der Waals surface area (Å²) in [6, 6.07) is 9.15. The van der Waals surface area contributed by atoms with E-state index in [0.717, 1.165) is 5.56 Å². The summed E-state index contributed by atoms with van der Waals surface area (Å²) in [7, 11) is 1.60. The lowest BCUT2D eigenvalue weighted by atomic mass is 10.2. The molecule has 0 aliphatic carbocycles. The summed E-state index contributed by atoms with van der Waals surface area (Å²) >= 11 is 0. The molecule has 0 atom stereocenters. The molecule has 2 aromatic rings. The predicted molar refractivity (Wildman–Crippen MR) is 79.8 cm³/mol. The van der Waals surface area contributed by atoms with Gasteiger partial charge in [0, 0.05) is 12.4 Å². The van der Waals surface area contributed by atoms with Crippen LogP contribution in [0.4, 0.5) is 0 Å². The van der Waals surface area contributed by atoms with E-state index in [1.165, 1.54) is 6.20 Å². The number of pyridine rings is 1. The minimum absolute atomic E-state index is 0.164. The molecule has 0 bridgehead atoms. The largest absolute Gasteiger partial charge is 0.493 e. The van der Waals surface area contributed by atoms with E-state index >= 15 is 0 Å². The van der Waals surface area contributed by atoms with Crippen molar-refractivity contribution in [1.82, 2.24) is 10.3 Å². The fourth-order valence-electron chi connectivity index (χ4n) is 1.82. The molecule has 110 valence electrons. The molecule has 0 unspecified atom stereocenters. The van der Waals surface area contributed by atoms with Gasteiger partial charge in [-0.3, -0.25) is 9.78 Å². The second-order valence-corrected chi connectivity index (χ2v) is 4.50. The maximum absolute atomic E-state index is 11.8. The lowest BCUT2D eigenvalue weighted by molar-refractivity contribution is 0.0946. The van der Waals surface area contributed by atoms with E-state index in [4.69, 9.17) is 9.47 Å². The van der Waals surface area contributed by atoms with Crippen molar-refractivity contribution in [3.8, 4) is 11.5 Å². The van der Waals surface area contributed by atoms with Crippen LogP contribution in [0.3, 0.4) is 0 Å². The number of nitrogens with zero attached hydrogens (tertiary/aromatic N) is 1. The van der Waals surface area contributed by atoms with Crippen LogP contribution < -0.4 is 14.8 Å². The lowest BCUT2D eigenvalue weighted by Crippen LogP contribution is -2.28. The zero-order chi connectivity index (χ0) is 15.1. The topological polar surface area (TPSA) is 60.5 Å². The minimum atomic E-state index is -0.164. The molecule has 0 fully saturated rings. The molecule has 1 heterocycles. The number of hydrogen-bond donors (Lipinski definition) is 1. The SMILES string of the molecule is COc1cc(C)ccc1OCCNC(=O)c1cccnc1. The summed E-state index contributed by atoms with van der Waals surface area (Å²) in [4.78, 5) is 15.7. The summed E-state index contributed by atoms with van der Waals surface area (Å²) < 4.78 is 10.9. The van der Waals surface area contributed by atoms with Gasteiger partial charge in [0.2, 0.25) is 0 Å². The molecule has 0 spiro atoms. The normalized spacial score (nSPS) is 10.0. The van der Waals surface area contributed by atoms with Crippen molar-refractivity contribution < 1.29 is 14.3 Å². The second kappa shape index (κ2) is 7.28. The number of benzene rings is 1. The number of ether oxygens (including phenoxy) is 2. The third-order valence-electron chi connectivity index (χ3n) is 2.89. The van der Waals surface area contributed by atoms with Crippen LogP contribution in [-0.4, -0.2) is 31.2 Å². The van der Waals surface area contributed by atoms with Crippen LogP contribution in [0.5, 0.6) is 11.5 Å². The molecule has 0 saturated heterocycles. The first-order valence-electron chi connectivity index (χ1n) is 6.66. The maximum atomic E-state index is 11.8. The Morgan fingerprint density at radius 2 is 2.14 bits per heavy atom. The smallest absolute Gasteiger partial charge is 0.252 e. The van der Waals surface area contributed by atoms with E-state index in [1.807, 2.05) is 25.1 Å². The fourth-order valence-corrected chi connectivity index (χ4v) is 1.82. The van der Waals surface area contributed by atoms with Crippen LogP contribution in [-0.2, 0) is 0 Å². The zero-order valence-electron chi connectivity index (χ0n) is 12.1. The molecule has 5 nitrogen and oxygen atoms in total. The van der Waals surface area contributed by atoms with Crippen LogP contribution in [0, 0.1) is 6.92 Å². The third-order valence-corrected chi connectivity index (χ3v) is 2.89. The number of carbonyl (C=O) groups excluding carboxylic acids is 1. The number of carbonyl (C=O) groups is 1. The van der Waals surface area contributed by atoms with E-state index in [0.29, 0.717) is 30.2 Å². The first-order chi connectivity index (χ1) is 10.2. The monoisotopic (exact) mass is 286 g/mol. The Hall–Kier alpha value is -2.56. The molecule has 1 aromatic carbocycles. The third kappa shape index (κ3) is 4.21. The average molecular weight is 286 g/mol. The highest BCUT2D eigenvalue weighted by atomic mass is 16.5. The van der Waals surface area contributed by atoms with Crippen molar-refractivity contribution in [3.05, 3.63) is 53.9 Å². The Balaban J connectivity index is 1.81. The van der Waals surface area contributed by atoms with Gasteiger partial charge in [-0.15, -0.1) is 0 Å². The molecular weight excluding hydrogens is 268 g/mol. The Morgan fingerprint density at radius 3 is 2.86 bits per heavy atom. The molecule has 21 heavy (non-hydrogen) atoms. The molecule has 2 rings (SSSR count). The summed E-state index contributed by atoms with van der Waals surface area (Å²) in [5, 5.41) is 2.77. The second-order valence-electron chi connectivity index (χ2n) is 4.50. The molecular formula is C16H18N2O3. The number of nitrogens with one attached hydrogen (secondary N) is 1. The van der Waals surface area contributed by atoms with E-state index in [9.17, 15) is 4.79 Å². The summed E-state index contributed by atoms with van der Waals surface area (Å²) in [6.07, 6.45) is 3.16. The van der Waals surface area contributed by atoms with Gasteiger partial charge in [0.05, 0.1) is 19.2 Å². The van der Waals surface area contributed by atoms with Crippen molar-refractivity contribution >= 4 is 5.91 Å². The lowest BCUT2D eigenvalue weighted by Gasteiger charge is -2.11. The average Bonchev–Trinajstić information content (AvgIpc) is 2.53. The van der Waals surface area contributed by atoms with Gasteiger partial charge in [0.15, 0.2) is 11.5 Å². The number of aromatic nitrogens is 1.